The molecule has 86 valence electrons. The molecule has 0 aliphatic heterocycles. The quantitative estimate of drug-likeness (QED) is 0.700. The molecular weight excluding hydrogens is 210 g/mol. The third-order valence-corrected chi connectivity index (χ3v) is 3.26. The second kappa shape index (κ2) is 3.96. The van der Waals surface area contributed by atoms with Gasteiger partial charge >= 0.3 is 0 Å². The standard InChI is InChI=1S/C13H14F2O/c1-9-4-5-11(10(7-9)8-16)12-3-2-6-13(12,14)15/h4-5,7-8,12H,2-3,6H2,1H3. The molecule has 0 amide bonds. The minimum Gasteiger partial charge on any atom is -0.298 e. The maximum atomic E-state index is 13.6. The molecule has 1 atom stereocenters. The smallest absolute Gasteiger partial charge is 0.254 e. The summed E-state index contributed by atoms with van der Waals surface area (Å²) in [5.41, 5.74) is 1.84. The summed E-state index contributed by atoms with van der Waals surface area (Å²) < 4.78 is 27.2. The molecular formula is C13H14F2O. The van der Waals surface area contributed by atoms with E-state index >= 15 is 0 Å². The summed E-state index contributed by atoms with van der Waals surface area (Å²) >= 11 is 0. The molecule has 0 heterocycles. The summed E-state index contributed by atoms with van der Waals surface area (Å²) in [7, 11) is 0. The molecule has 1 fully saturated rings. The number of aryl methyl sites for hydroxylation is 1. The van der Waals surface area contributed by atoms with Crippen molar-refractivity contribution in [2.75, 3.05) is 0 Å². The lowest BCUT2D eigenvalue weighted by molar-refractivity contribution is -0.00905. The van der Waals surface area contributed by atoms with E-state index in [1.807, 2.05) is 6.92 Å². The number of rotatable bonds is 2. The van der Waals surface area contributed by atoms with Crippen LogP contribution in [0.5, 0.6) is 0 Å². The van der Waals surface area contributed by atoms with Crippen molar-refractivity contribution < 1.29 is 13.6 Å². The van der Waals surface area contributed by atoms with Crippen LogP contribution >= 0.6 is 0 Å². The highest BCUT2D eigenvalue weighted by molar-refractivity contribution is 5.78. The number of alkyl halides is 2. The zero-order chi connectivity index (χ0) is 11.8. The van der Waals surface area contributed by atoms with E-state index in [-0.39, 0.29) is 6.42 Å². The highest BCUT2D eigenvalue weighted by Gasteiger charge is 2.45. The van der Waals surface area contributed by atoms with E-state index in [1.165, 1.54) is 0 Å². The predicted octanol–water partition coefficient (Wildman–Crippen LogP) is 3.71. The normalized spacial score (nSPS) is 23.3. The van der Waals surface area contributed by atoms with Gasteiger partial charge < -0.3 is 0 Å². The van der Waals surface area contributed by atoms with Gasteiger partial charge in [-0.1, -0.05) is 17.7 Å². The van der Waals surface area contributed by atoms with Crippen LogP contribution in [0.15, 0.2) is 18.2 Å². The van der Waals surface area contributed by atoms with Crippen molar-refractivity contribution in [2.45, 2.75) is 38.0 Å². The first-order chi connectivity index (χ1) is 7.54. The Morgan fingerprint density at radius 2 is 2.19 bits per heavy atom. The van der Waals surface area contributed by atoms with Gasteiger partial charge in [0.1, 0.15) is 6.29 Å². The largest absolute Gasteiger partial charge is 0.298 e. The van der Waals surface area contributed by atoms with Gasteiger partial charge in [0, 0.05) is 17.9 Å². The van der Waals surface area contributed by atoms with Crippen LogP contribution < -0.4 is 0 Å². The Morgan fingerprint density at radius 1 is 1.44 bits per heavy atom. The zero-order valence-corrected chi connectivity index (χ0v) is 9.17. The van der Waals surface area contributed by atoms with E-state index in [9.17, 15) is 13.6 Å². The first-order valence-electron chi connectivity index (χ1n) is 5.48. The second-order valence-corrected chi connectivity index (χ2v) is 4.46. The van der Waals surface area contributed by atoms with E-state index < -0.39 is 11.8 Å². The van der Waals surface area contributed by atoms with Gasteiger partial charge in [0.2, 0.25) is 0 Å². The molecule has 1 unspecified atom stereocenters. The highest BCUT2D eigenvalue weighted by atomic mass is 19.3. The Kier molecular flexibility index (Phi) is 2.78. The molecule has 0 bridgehead atoms. The molecule has 0 aromatic heterocycles. The van der Waals surface area contributed by atoms with Crippen molar-refractivity contribution in [1.82, 2.24) is 0 Å². The minimum atomic E-state index is -2.66. The fourth-order valence-electron chi connectivity index (χ4n) is 2.42. The summed E-state index contributed by atoms with van der Waals surface area (Å²) in [6.45, 7) is 1.85. The maximum Gasteiger partial charge on any atom is 0.254 e. The average Bonchev–Trinajstić information content (AvgIpc) is 2.58. The summed E-state index contributed by atoms with van der Waals surface area (Å²) in [6.07, 6.45) is 1.61. The molecule has 0 spiro atoms. The second-order valence-electron chi connectivity index (χ2n) is 4.46. The van der Waals surface area contributed by atoms with Crippen LogP contribution in [0.25, 0.3) is 0 Å². The van der Waals surface area contributed by atoms with Gasteiger partial charge in [0.05, 0.1) is 0 Å². The lowest BCUT2D eigenvalue weighted by Gasteiger charge is -2.20. The summed E-state index contributed by atoms with van der Waals surface area (Å²) in [5.74, 6) is -3.44. The summed E-state index contributed by atoms with van der Waals surface area (Å²) in [4.78, 5) is 10.9. The molecule has 1 saturated carbocycles. The molecule has 0 radical (unpaired) electrons. The fourth-order valence-corrected chi connectivity index (χ4v) is 2.42. The predicted molar refractivity (Wildman–Crippen MR) is 58.1 cm³/mol. The molecule has 0 saturated heterocycles. The molecule has 0 N–H and O–H groups in total. The topological polar surface area (TPSA) is 17.1 Å². The molecule has 3 heteroatoms. The third kappa shape index (κ3) is 1.86. The first kappa shape index (κ1) is 11.2. The molecule has 1 aliphatic carbocycles. The van der Waals surface area contributed by atoms with Gasteiger partial charge in [0.25, 0.3) is 5.92 Å². The number of carbonyl (C=O) groups is 1. The van der Waals surface area contributed by atoms with Crippen LogP contribution in [0.2, 0.25) is 0 Å². The molecule has 1 nitrogen and oxygen atoms in total. The van der Waals surface area contributed by atoms with Gasteiger partial charge in [-0.15, -0.1) is 0 Å². The van der Waals surface area contributed by atoms with Crippen LogP contribution in [-0.4, -0.2) is 12.2 Å². The number of hydrogen-bond donors (Lipinski definition) is 0. The van der Waals surface area contributed by atoms with Crippen LogP contribution in [-0.2, 0) is 0 Å². The first-order valence-corrected chi connectivity index (χ1v) is 5.48. The van der Waals surface area contributed by atoms with Crippen LogP contribution in [0, 0.1) is 6.92 Å². The molecule has 1 aliphatic rings. The number of carbonyl (C=O) groups excluding carboxylic acids is 1. The van der Waals surface area contributed by atoms with Gasteiger partial charge in [-0.05, 0) is 31.4 Å². The molecule has 1 aromatic carbocycles. The Hall–Kier alpha value is -1.25. The van der Waals surface area contributed by atoms with Crippen LogP contribution in [0.3, 0.4) is 0 Å². The highest BCUT2D eigenvalue weighted by Crippen LogP contribution is 2.47. The third-order valence-electron chi connectivity index (χ3n) is 3.26. The number of benzene rings is 1. The van der Waals surface area contributed by atoms with Crippen molar-refractivity contribution in [3.63, 3.8) is 0 Å². The van der Waals surface area contributed by atoms with E-state index in [1.54, 1.807) is 18.2 Å². The van der Waals surface area contributed by atoms with Crippen molar-refractivity contribution in [2.24, 2.45) is 0 Å². The maximum absolute atomic E-state index is 13.6. The van der Waals surface area contributed by atoms with Gasteiger partial charge in [-0.25, -0.2) is 8.78 Å². The van der Waals surface area contributed by atoms with E-state index in [0.717, 1.165) is 5.56 Å². The van der Waals surface area contributed by atoms with Gasteiger partial charge in [-0.3, -0.25) is 4.79 Å². The van der Waals surface area contributed by atoms with Crippen molar-refractivity contribution in [1.29, 1.82) is 0 Å². The molecule has 16 heavy (non-hydrogen) atoms. The van der Waals surface area contributed by atoms with Crippen LogP contribution in [0.4, 0.5) is 8.78 Å². The molecule has 2 rings (SSSR count). The minimum absolute atomic E-state index is 0.0656. The number of aldehydes is 1. The van der Waals surface area contributed by atoms with Gasteiger partial charge in [0.15, 0.2) is 0 Å². The van der Waals surface area contributed by atoms with Crippen molar-refractivity contribution in [3.8, 4) is 0 Å². The van der Waals surface area contributed by atoms with E-state index in [2.05, 4.69) is 0 Å². The lowest BCUT2D eigenvalue weighted by atomic mass is 9.90. The van der Waals surface area contributed by atoms with Crippen molar-refractivity contribution in [3.05, 3.63) is 34.9 Å². The summed E-state index contributed by atoms with van der Waals surface area (Å²) in [5, 5.41) is 0. The monoisotopic (exact) mass is 224 g/mol. The molecule has 1 aromatic rings. The fraction of sp³-hybridized carbons (Fsp3) is 0.462. The number of hydrogen-bond acceptors (Lipinski definition) is 1. The Labute approximate surface area is 93.5 Å². The van der Waals surface area contributed by atoms with E-state index in [0.29, 0.717) is 30.3 Å². The van der Waals surface area contributed by atoms with Crippen molar-refractivity contribution >= 4 is 6.29 Å². The Bertz CT molecular complexity index is 412. The Morgan fingerprint density at radius 3 is 2.75 bits per heavy atom. The Balaban J connectivity index is 2.44. The lowest BCUT2D eigenvalue weighted by Crippen LogP contribution is -2.20. The van der Waals surface area contributed by atoms with Gasteiger partial charge in [-0.2, -0.15) is 0 Å². The summed E-state index contributed by atoms with van der Waals surface area (Å²) in [6, 6.07) is 5.14. The number of halogens is 2. The SMILES string of the molecule is Cc1ccc(C2CCCC2(F)F)c(C=O)c1. The average molecular weight is 224 g/mol. The van der Waals surface area contributed by atoms with E-state index in [4.69, 9.17) is 0 Å². The zero-order valence-electron chi connectivity index (χ0n) is 9.17. The van der Waals surface area contributed by atoms with Crippen LogP contribution in [0.1, 0.15) is 46.7 Å².